The van der Waals surface area contributed by atoms with Gasteiger partial charge in [-0.1, -0.05) is 49.7 Å². The maximum Gasteiger partial charge on any atom is 0.310 e. The first-order valence-corrected chi connectivity index (χ1v) is 8.67. The summed E-state index contributed by atoms with van der Waals surface area (Å²) >= 11 is 0. The normalized spacial score (nSPS) is 10.3. The zero-order valence-corrected chi connectivity index (χ0v) is 14.9. The molecule has 0 aliphatic heterocycles. The number of aryl methyl sites for hydroxylation is 2. The third-order valence-electron chi connectivity index (χ3n) is 4.02. The van der Waals surface area contributed by atoms with E-state index in [9.17, 15) is 9.59 Å². The Bertz CT molecular complexity index is 707. The minimum absolute atomic E-state index is 0.173. The highest BCUT2D eigenvalue weighted by atomic mass is 16.5. The quantitative estimate of drug-likeness (QED) is 0.738. The van der Waals surface area contributed by atoms with Gasteiger partial charge in [0.2, 0.25) is 0 Å². The molecule has 0 bridgehead atoms. The van der Waals surface area contributed by atoms with Crippen molar-refractivity contribution in [2.45, 2.75) is 39.5 Å². The minimum Gasteiger partial charge on any atom is -0.455 e. The molecule has 0 radical (unpaired) electrons. The Hall–Kier alpha value is -2.62. The van der Waals surface area contributed by atoms with Crippen LogP contribution in [0.5, 0.6) is 0 Å². The van der Waals surface area contributed by atoms with Crippen molar-refractivity contribution in [1.29, 1.82) is 0 Å². The summed E-state index contributed by atoms with van der Waals surface area (Å²) in [6, 6.07) is 15.4. The first kappa shape index (κ1) is 18.7. The molecule has 0 unspecified atom stereocenters. The lowest BCUT2D eigenvalue weighted by Crippen LogP contribution is -2.21. The maximum atomic E-state index is 11.9. The van der Waals surface area contributed by atoms with Crippen LogP contribution in [0.3, 0.4) is 0 Å². The van der Waals surface area contributed by atoms with Crippen LogP contribution in [-0.4, -0.2) is 18.5 Å². The van der Waals surface area contributed by atoms with Gasteiger partial charge in [0.25, 0.3) is 5.91 Å². The number of hydrogen-bond acceptors (Lipinski definition) is 3. The van der Waals surface area contributed by atoms with E-state index in [0.29, 0.717) is 5.69 Å². The minimum atomic E-state index is -0.403. The number of esters is 1. The van der Waals surface area contributed by atoms with Gasteiger partial charge in [-0.3, -0.25) is 9.59 Å². The lowest BCUT2D eigenvalue weighted by Gasteiger charge is -2.08. The number of ether oxygens (including phenoxy) is 1. The molecule has 2 aromatic rings. The zero-order chi connectivity index (χ0) is 18.1. The smallest absolute Gasteiger partial charge is 0.310 e. The molecule has 2 rings (SSSR count). The SMILES string of the molecule is CCCCc1ccc(NC(=O)COC(=O)Cc2ccccc2C)cc1. The fraction of sp³-hybridized carbons (Fsp3) is 0.333. The lowest BCUT2D eigenvalue weighted by molar-refractivity contribution is -0.146. The number of benzene rings is 2. The van der Waals surface area contributed by atoms with Crippen molar-refractivity contribution in [3.8, 4) is 0 Å². The van der Waals surface area contributed by atoms with Crippen LogP contribution < -0.4 is 5.32 Å². The molecule has 132 valence electrons. The molecule has 1 N–H and O–H groups in total. The van der Waals surface area contributed by atoms with Gasteiger partial charge in [0, 0.05) is 5.69 Å². The van der Waals surface area contributed by atoms with Gasteiger partial charge >= 0.3 is 5.97 Å². The number of hydrogen-bond donors (Lipinski definition) is 1. The molecule has 0 fully saturated rings. The number of nitrogens with one attached hydrogen (secondary N) is 1. The van der Waals surface area contributed by atoms with Gasteiger partial charge in [-0.25, -0.2) is 0 Å². The molecule has 0 aliphatic carbocycles. The van der Waals surface area contributed by atoms with Crippen LogP contribution in [0.2, 0.25) is 0 Å². The maximum absolute atomic E-state index is 11.9. The molecular formula is C21H25NO3. The number of rotatable bonds is 8. The van der Waals surface area contributed by atoms with E-state index in [2.05, 4.69) is 12.2 Å². The van der Waals surface area contributed by atoms with Gasteiger partial charge in [0.05, 0.1) is 6.42 Å². The highest BCUT2D eigenvalue weighted by Gasteiger charge is 2.10. The standard InChI is InChI=1S/C21H25NO3/c1-3-4-8-17-10-12-19(13-11-17)22-20(23)15-25-21(24)14-18-9-6-5-7-16(18)2/h5-7,9-13H,3-4,8,14-15H2,1-2H3,(H,22,23). The molecule has 1 amide bonds. The van der Waals surface area contributed by atoms with E-state index in [1.54, 1.807) is 0 Å². The van der Waals surface area contributed by atoms with Crippen molar-refractivity contribution in [3.63, 3.8) is 0 Å². The monoisotopic (exact) mass is 339 g/mol. The van der Waals surface area contributed by atoms with Crippen LogP contribution >= 0.6 is 0 Å². The predicted molar refractivity (Wildman–Crippen MR) is 99.5 cm³/mol. The average molecular weight is 339 g/mol. The second-order valence-corrected chi connectivity index (χ2v) is 6.11. The van der Waals surface area contributed by atoms with E-state index in [1.165, 1.54) is 5.56 Å². The summed E-state index contributed by atoms with van der Waals surface area (Å²) in [5.41, 5.74) is 3.91. The molecule has 0 saturated heterocycles. The van der Waals surface area contributed by atoms with Gasteiger partial charge in [-0.2, -0.15) is 0 Å². The van der Waals surface area contributed by atoms with Crippen LogP contribution in [0, 0.1) is 6.92 Å². The van der Waals surface area contributed by atoms with Crippen molar-refractivity contribution in [3.05, 3.63) is 65.2 Å². The first-order chi connectivity index (χ1) is 12.1. The Morgan fingerprint density at radius 3 is 2.44 bits per heavy atom. The third-order valence-corrected chi connectivity index (χ3v) is 4.02. The van der Waals surface area contributed by atoms with Gasteiger partial charge in [-0.05, 0) is 48.6 Å². The molecule has 0 atom stereocenters. The first-order valence-electron chi connectivity index (χ1n) is 8.67. The third kappa shape index (κ3) is 6.42. The summed E-state index contributed by atoms with van der Waals surface area (Å²) in [4.78, 5) is 23.8. The predicted octanol–water partition coefficient (Wildman–Crippen LogP) is 4.06. The van der Waals surface area contributed by atoms with Crippen LogP contribution in [0.15, 0.2) is 48.5 Å². The number of unbranched alkanes of at least 4 members (excludes halogenated alkanes) is 1. The Kier molecular flexibility index (Phi) is 7.20. The molecule has 25 heavy (non-hydrogen) atoms. The fourth-order valence-corrected chi connectivity index (χ4v) is 2.49. The molecule has 0 saturated carbocycles. The molecule has 4 heteroatoms. The summed E-state index contributed by atoms with van der Waals surface area (Å²) in [5, 5.41) is 2.74. The Labute approximate surface area is 149 Å². The summed E-state index contributed by atoms with van der Waals surface area (Å²) in [7, 11) is 0. The van der Waals surface area contributed by atoms with Crippen molar-refractivity contribution in [1.82, 2.24) is 0 Å². The van der Waals surface area contributed by atoms with Gasteiger partial charge in [-0.15, -0.1) is 0 Å². The molecule has 0 aliphatic rings. The highest BCUT2D eigenvalue weighted by molar-refractivity contribution is 5.92. The van der Waals surface area contributed by atoms with Crippen molar-refractivity contribution < 1.29 is 14.3 Å². The second-order valence-electron chi connectivity index (χ2n) is 6.11. The molecule has 0 aromatic heterocycles. The number of anilines is 1. The van der Waals surface area contributed by atoms with Crippen LogP contribution in [0.1, 0.15) is 36.5 Å². The Morgan fingerprint density at radius 1 is 1.04 bits per heavy atom. The molecule has 0 spiro atoms. The highest BCUT2D eigenvalue weighted by Crippen LogP contribution is 2.12. The van der Waals surface area contributed by atoms with E-state index >= 15 is 0 Å². The second kappa shape index (κ2) is 9.62. The summed E-state index contributed by atoms with van der Waals surface area (Å²) in [6.07, 6.45) is 3.53. The van der Waals surface area contributed by atoms with Gasteiger partial charge < -0.3 is 10.1 Å². The molecule has 2 aromatic carbocycles. The Morgan fingerprint density at radius 2 is 1.76 bits per heavy atom. The lowest BCUT2D eigenvalue weighted by atomic mass is 10.1. The van der Waals surface area contributed by atoms with Crippen LogP contribution in [0.25, 0.3) is 0 Å². The molecule has 4 nitrogen and oxygen atoms in total. The molecule has 0 heterocycles. The van der Waals surface area contributed by atoms with E-state index in [0.717, 1.165) is 30.4 Å². The average Bonchev–Trinajstić information content (AvgIpc) is 2.61. The van der Waals surface area contributed by atoms with Crippen LogP contribution in [0.4, 0.5) is 5.69 Å². The number of carbonyl (C=O) groups excluding carboxylic acids is 2. The number of carbonyl (C=O) groups is 2. The zero-order valence-electron chi connectivity index (χ0n) is 14.9. The van der Waals surface area contributed by atoms with E-state index in [4.69, 9.17) is 4.74 Å². The molecular weight excluding hydrogens is 314 g/mol. The fourth-order valence-electron chi connectivity index (χ4n) is 2.49. The largest absolute Gasteiger partial charge is 0.455 e. The van der Waals surface area contributed by atoms with E-state index in [1.807, 2.05) is 55.5 Å². The van der Waals surface area contributed by atoms with Crippen molar-refractivity contribution in [2.75, 3.05) is 11.9 Å². The van der Waals surface area contributed by atoms with Crippen LogP contribution in [-0.2, 0) is 27.2 Å². The summed E-state index contributed by atoms with van der Waals surface area (Å²) < 4.78 is 5.06. The Balaban J connectivity index is 1.76. The van der Waals surface area contributed by atoms with E-state index in [-0.39, 0.29) is 18.9 Å². The van der Waals surface area contributed by atoms with Gasteiger partial charge in [0.1, 0.15) is 0 Å². The van der Waals surface area contributed by atoms with Gasteiger partial charge in [0.15, 0.2) is 6.61 Å². The van der Waals surface area contributed by atoms with Crippen molar-refractivity contribution in [2.24, 2.45) is 0 Å². The van der Waals surface area contributed by atoms with Crippen molar-refractivity contribution >= 4 is 17.6 Å². The topological polar surface area (TPSA) is 55.4 Å². The summed E-state index contributed by atoms with van der Waals surface area (Å²) in [5.74, 6) is -0.737. The number of amides is 1. The van der Waals surface area contributed by atoms with E-state index < -0.39 is 5.97 Å². The summed E-state index contributed by atoms with van der Waals surface area (Å²) in [6.45, 7) is 3.83.